The maximum absolute atomic E-state index is 2.37. The molecule has 0 aromatic rings. The molecule has 0 aromatic heterocycles. The predicted octanol–water partition coefficient (Wildman–Crippen LogP) is 2.00. The molecule has 0 unspecified atom stereocenters. The molecule has 0 amide bonds. The van der Waals surface area contributed by atoms with E-state index in [1.807, 2.05) is 0 Å². The third kappa shape index (κ3) is 1.09. The molecule has 0 atom stereocenters. The van der Waals surface area contributed by atoms with Crippen LogP contribution >= 0.6 is 0 Å². The van der Waals surface area contributed by atoms with Crippen molar-refractivity contribution >= 4 is 0 Å². The van der Waals surface area contributed by atoms with Gasteiger partial charge in [-0.2, -0.15) is 0 Å². The van der Waals surface area contributed by atoms with Gasteiger partial charge in [0.2, 0.25) is 0 Å². The van der Waals surface area contributed by atoms with Crippen LogP contribution in [0.2, 0.25) is 0 Å². The molecule has 0 saturated carbocycles. The fourth-order valence-corrected chi connectivity index (χ4v) is 1.32. The molecule has 1 nitrogen and oxygen atoms in total. The van der Waals surface area contributed by atoms with Gasteiger partial charge in [0.15, 0.2) is 0 Å². The zero-order valence-corrected chi connectivity index (χ0v) is 6.52. The molecule has 0 fully saturated rings. The van der Waals surface area contributed by atoms with Gasteiger partial charge >= 0.3 is 0 Å². The fourth-order valence-electron chi connectivity index (χ4n) is 1.32. The molecule has 1 aliphatic heterocycles. The van der Waals surface area contributed by atoms with Crippen molar-refractivity contribution in [2.24, 2.45) is 0 Å². The molecule has 1 heterocycles. The van der Waals surface area contributed by atoms with Crippen molar-refractivity contribution in [3.63, 3.8) is 0 Å². The largest absolute Gasteiger partial charge is 0.373 e. The van der Waals surface area contributed by atoms with Crippen LogP contribution in [0.15, 0.2) is 12.3 Å². The van der Waals surface area contributed by atoms with Gasteiger partial charge in [-0.25, -0.2) is 0 Å². The monoisotopic (exact) mass is 125 g/mol. The van der Waals surface area contributed by atoms with E-state index in [0.29, 0.717) is 5.54 Å². The third-order valence-electron chi connectivity index (χ3n) is 2.02. The van der Waals surface area contributed by atoms with Gasteiger partial charge in [-0.15, -0.1) is 0 Å². The number of hydrogen-bond donors (Lipinski definition) is 0. The number of nitrogens with zero attached hydrogens (tertiary/aromatic N) is 1. The van der Waals surface area contributed by atoms with Gasteiger partial charge in [0, 0.05) is 12.1 Å². The van der Waals surface area contributed by atoms with Crippen molar-refractivity contribution in [3.8, 4) is 0 Å². The highest BCUT2D eigenvalue weighted by Crippen LogP contribution is 2.24. The molecule has 52 valence electrons. The van der Waals surface area contributed by atoms with Crippen molar-refractivity contribution < 1.29 is 0 Å². The first-order valence-corrected chi connectivity index (χ1v) is 3.60. The SMILES string of the molecule is CCN1C=CCC1(C)C. The first kappa shape index (κ1) is 6.66. The highest BCUT2D eigenvalue weighted by molar-refractivity contribution is 5.03. The van der Waals surface area contributed by atoms with Crippen molar-refractivity contribution in [3.05, 3.63) is 12.3 Å². The van der Waals surface area contributed by atoms with Crippen molar-refractivity contribution in [2.75, 3.05) is 6.54 Å². The van der Waals surface area contributed by atoms with Gasteiger partial charge in [0.05, 0.1) is 0 Å². The Morgan fingerprint density at radius 3 is 2.44 bits per heavy atom. The smallest absolute Gasteiger partial charge is 0.0375 e. The van der Waals surface area contributed by atoms with Crippen molar-refractivity contribution in [1.29, 1.82) is 0 Å². The molecule has 0 aliphatic carbocycles. The molecule has 0 N–H and O–H groups in total. The Bertz CT molecular complexity index is 125. The van der Waals surface area contributed by atoms with Crippen LogP contribution in [0.5, 0.6) is 0 Å². The summed E-state index contributed by atoms with van der Waals surface area (Å²) in [5, 5.41) is 0. The Balaban J connectivity index is 2.60. The number of rotatable bonds is 1. The van der Waals surface area contributed by atoms with E-state index in [1.165, 1.54) is 6.42 Å². The Morgan fingerprint density at radius 2 is 2.22 bits per heavy atom. The van der Waals surface area contributed by atoms with Crippen LogP contribution in [0.3, 0.4) is 0 Å². The predicted molar refractivity (Wildman–Crippen MR) is 40.2 cm³/mol. The molecule has 0 aromatic carbocycles. The summed E-state index contributed by atoms with van der Waals surface area (Å²) in [5.41, 5.74) is 0.384. The average molecular weight is 125 g/mol. The Hall–Kier alpha value is -0.460. The lowest BCUT2D eigenvalue weighted by atomic mass is 10.0. The Kier molecular flexibility index (Phi) is 1.52. The van der Waals surface area contributed by atoms with Gasteiger partial charge < -0.3 is 4.90 Å². The number of hydrogen-bond acceptors (Lipinski definition) is 1. The molecule has 1 aliphatic rings. The standard InChI is InChI=1S/C8H15N/c1-4-9-7-5-6-8(9,2)3/h5,7H,4,6H2,1-3H3. The molecule has 0 saturated heterocycles. The van der Waals surface area contributed by atoms with Gasteiger partial charge in [-0.05, 0) is 33.4 Å². The summed E-state index contributed by atoms with van der Waals surface area (Å²) < 4.78 is 0. The summed E-state index contributed by atoms with van der Waals surface area (Å²) in [5.74, 6) is 0. The molecule has 1 rings (SSSR count). The van der Waals surface area contributed by atoms with E-state index in [9.17, 15) is 0 Å². The van der Waals surface area contributed by atoms with E-state index >= 15 is 0 Å². The van der Waals surface area contributed by atoms with E-state index in [1.54, 1.807) is 0 Å². The van der Waals surface area contributed by atoms with Gasteiger partial charge in [-0.3, -0.25) is 0 Å². The summed E-state index contributed by atoms with van der Waals surface area (Å²) in [6.07, 6.45) is 5.63. The highest BCUT2D eigenvalue weighted by Gasteiger charge is 2.24. The summed E-state index contributed by atoms with van der Waals surface area (Å²) in [6.45, 7) is 7.87. The molecular formula is C8H15N. The maximum Gasteiger partial charge on any atom is 0.0375 e. The van der Waals surface area contributed by atoms with Crippen LogP contribution in [0.25, 0.3) is 0 Å². The first-order valence-electron chi connectivity index (χ1n) is 3.60. The van der Waals surface area contributed by atoms with Gasteiger partial charge in [-0.1, -0.05) is 6.08 Å². The lowest BCUT2D eigenvalue weighted by Gasteiger charge is -2.31. The molecular weight excluding hydrogens is 110 g/mol. The lowest BCUT2D eigenvalue weighted by molar-refractivity contribution is 0.219. The van der Waals surface area contributed by atoms with Crippen molar-refractivity contribution in [1.82, 2.24) is 4.90 Å². The van der Waals surface area contributed by atoms with Crippen LogP contribution in [0, 0.1) is 0 Å². The van der Waals surface area contributed by atoms with Crippen LogP contribution in [0.1, 0.15) is 27.2 Å². The summed E-state index contributed by atoms with van der Waals surface area (Å²) in [6, 6.07) is 0. The van der Waals surface area contributed by atoms with Crippen LogP contribution in [0.4, 0.5) is 0 Å². The Morgan fingerprint density at radius 1 is 1.56 bits per heavy atom. The minimum absolute atomic E-state index is 0.384. The van der Waals surface area contributed by atoms with E-state index in [2.05, 4.69) is 37.9 Å². The zero-order valence-electron chi connectivity index (χ0n) is 6.52. The highest BCUT2D eigenvalue weighted by atomic mass is 15.2. The molecule has 0 spiro atoms. The zero-order chi connectivity index (χ0) is 6.91. The first-order chi connectivity index (χ1) is 4.17. The van der Waals surface area contributed by atoms with E-state index in [4.69, 9.17) is 0 Å². The van der Waals surface area contributed by atoms with Crippen LogP contribution < -0.4 is 0 Å². The fraction of sp³-hybridized carbons (Fsp3) is 0.750. The molecule has 0 radical (unpaired) electrons. The van der Waals surface area contributed by atoms with Crippen molar-refractivity contribution in [2.45, 2.75) is 32.7 Å². The van der Waals surface area contributed by atoms with Gasteiger partial charge in [0.25, 0.3) is 0 Å². The van der Waals surface area contributed by atoms with E-state index in [0.717, 1.165) is 6.54 Å². The van der Waals surface area contributed by atoms with E-state index < -0.39 is 0 Å². The minimum Gasteiger partial charge on any atom is -0.373 e. The van der Waals surface area contributed by atoms with E-state index in [-0.39, 0.29) is 0 Å². The second-order valence-corrected chi connectivity index (χ2v) is 3.19. The average Bonchev–Trinajstić information content (AvgIpc) is 2.08. The summed E-state index contributed by atoms with van der Waals surface area (Å²) in [7, 11) is 0. The topological polar surface area (TPSA) is 3.24 Å². The normalized spacial score (nSPS) is 23.2. The molecule has 0 bridgehead atoms. The summed E-state index contributed by atoms with van der Waals surface area (Å²) in [4.78, 5) is 2.37. The Labute approximate surface area is 57.4 Å². The second kappa shape index (κ2) is 2.05. The van der Waals surface area contributed by atoms with Crippen LogP contribution in [-0.2, 0) is 0 Å². The van der Waals surface area contributed by atoms with Gasteiger partial charge in [0.1, 0.15) is 0 Å². The second-order valence-electron chi connectivity index (χ2n) is 3.19. The van der Waals surface area contributed by atoms with Crippen LogP contribution in [-0.4, -0.2) is 17.0 Å². The third-order valence-corrected chi connectivity index (χ3v) is 2.02. The minimum atomic E-state index is 0.384. The maximum atomic E-state index is 2.37. The molecule has 1 heteroatoms. The summed E-state index contributed by atoms with van der Waals surface area (Å²) >= 11 is 0. The molecule has 9 heavy (non-hydrogen) atoms. The lowest BCUT2D eigenvalue weighted by Crippen LogP contribution is -2.35. The quantitative estimate of drug-likeness (QED) is 0.518.